The molecule has 2 aromatic rings. The van der Waals surface area contributed by atoms with E-state index in [1.807, 2.05) is 12.1 Å². The average Bonchev–Trinajstić information content (AvgIpc) is 2.53. The van der Waals surface area contributed by atoms with Crippen molar-refractivity contribution in [3.8, 4) is 11.5 Å². The van der Waals surface area contributed by atoms with E-state index in [4.69, 9.17) is 31.9 Å². The quantitative estimate of drug-likeness (QED) is 0.813. The highest BCUT2D eigenvalue weighted by Gasteiger charge is 2.14. The first-order valence-corrected chi connectivity index (χ1v) is 7.40. The molecule has 6 heteroatoms. The molecule has 2 aromatic carbocycles. The van der Waals surface area contributed by atoms with E-state index in [0.717, 1.165) is 11.1 Å². The third-order valence-electron chi connectivity index (χ3n) is 3.31. The number of carbonyl (C=O) groups is 1. The SMILES string of the molecule is COc1ccc(CC(N)C(=O)O)cc1COc1cccc(Cl)c1. The molecule has 3 N–H and O–H groups in total. The number of rotatable bonds is 7. The zero-order chi connectivity index (χ0) is 16.8. The molecule has 0 saturated carbocycles. The lowest BCUT2D eigenvalue weighted by Crippen LogP contribution is -2.32. The summed E-state index contributed by atoms with van der Waals surface area (Å²) in [5.74, 6) is 0.282. The van der Waals surface area contributed by atoms with Crippen LogP contribution in [0.2, 0.25) is 5.02 Å². The minimum absolute atomic E-state index is 0.240. The van der Waals surface area contributed by atoms with Gasteiger partial charge in [0.25, 0.3) is 0 Å². The van der Waals surface area contributed by atoms with Gasteiger partial charge >= 0.3 is 5.97 Å². The van der Waals surface area contributed by atoms with Gasteiger partial charge in [0, 0.05) is 10.6 Å². The highest BCUT2D eigenvalue weighted by atomic mass is 35.5. The van der Waals surface area contributed by atoms with Crippen LogP contribution in [0.5, 0.6) is 11.5 Å². The van der Waals surface area contributed by atoms with Crippen molar-refractivity contribution in [3.63, 3.8) is 0 Å². The van der Waals surface area contributed by atoms with E-state index in [0.29, 0.717) is 16.5 Å². The molecule has 2 rings (SSSR count). The van der Waals surface area contributed by atoms with Crippen LogP contribution in [0.25, 0.3) is 0 Å². The number of aliphatic carboxylic acids is 1. The average molecular weight is 336 g/mol. The Kier molecular flexibility index (Phi) is 5.84. The van der Waals surface area contributed by atoms with E-state index in [1.54, 1.807) is 37.4 Å². The van der Waals surface area contributed by atoms with Crippen LogP contribution >= 0.6 is 11.6 Å². The maximum Gasteiger partial charge on any atom is 0.320 e. The molecule has 0 heterocycles. The van der Waals surface area contributed by atoms with Crippen LogP contribution in [0, 0.1) is 0 Å². The van der Waals surface area contributed by atoms with Gasteiger partial charge in [-0.3, -0.25) is 4.79 Å². The Bertz CT molecular complexity index is 690. The topological polar surface area (TPSA) is 81.8 Å². The predicted molar refractivity (Wildman–Crippen MR) is 88.1 cm³/mol. The summed E-state index contributed by atoms with van der Waals surface area (Å²) in [6.45, 7) is 0.277. The van der Waals surface area contributed by atoms with Crippen molar-refractivity contribution >= 4 is 17.6 Å². The summed E-state index contributed by atoms with van der Waals surface area (Å²) in [6.07, 6.45) is 0.240. The van der Waals surface area contributed by atoms with E-state index in [-0.39, 0.29) is 13.0 Å². The van der Waals surface area contributed by atoms with E-state index in [1.165, 1.54) is 0 Å². The summed E-state index contributed by atoms with van der Waals surface area (Å²) in [5, 5.41) is 9.50. The smallest absolute Gasteiger partial charge is 0.320 e. The monoisotopic (exact) mass is 335 g/mol. The maximum absolute atomic E-state index is 10.9. The Labute approximate surface area is 139 Å². The van der Waals surface area contributed by atoms with E-state index >= 15 is 0 Å². The van der Waals surface area contributed by atoms with E-state index in [2.05, 4.69) is 0 Å². The predicted octanol–water partition coefficient (Wildman–Crippen LogP) is 2.88. The molecule has 0 aromatic heterocycles. The third-order valence-corrected chi connectivity index (χ3v) is 3.54. The summed E-state index contributed by atoms with van der Waals surface area (Å²) in [5.41, 5.74) is 7.19. The summed E-state index contributed by atoms with van der Waals surface area (Å²) < 4.78 is 11.0. The number of nitrogens with two attached hydrogens (primary N) is 1. The maximum atomic E-state index is 10.9. The second-order valence-electron chi connectivity index (χ2n) is 5.04. The molecule has 0 fully saturated rings. The van der Waals surface area contributed by atoms with Crippen molar-refractivity contribution in [2.45, 2.75) is 19.1 Å². The van der Waals surface area contributed by atoms with Crippen LogP contribution in [0.3, 0.4) is 0 Å². The Morgan fingerprint density at radius 3 is 2.74 bits per heavy atom. The highest BCUT2D eigenvalue weighted by molar-refractivity contribution is 6.30. The minimum atomic E-state index is -1.03. The summed E-state index contributed by atoms with van der Waals surface area (Å²) >= 11 is 5.92. The number of carboxylic acid groups (broad SMARTS) is 1. The van der Waals surface area contributed by atoms with Crippen molar-refractivity contribution in [1.82, 2.24) is 0 Å². The Morgan fingerprint density at radius 2 is 2.09 bits per heavy atom. The van der Waals surface area contributed by atoms with Gasteiger partial charge in [0.05, 0.1) is 7.11 Å². The van der Waals surface area contributed by atoms with Crippen molar-refractivity contribution in [1.29, 1.82) is 0 Å². The minimum Gasteiger partial charge on any atom is -0.496 e. The lowest BCUT2D eigenvalue weighted by Gasteiger charge is -2.13. The van der Waals surface area contributed by atoms with Crippen LogP contribution in [0.15, 0.2) is 42.5 Å². The summed E-state index contributed by atoms with van der Waals surface area (Å²) in [7, 11) is 1.57. The molecule has 0 aliphatic heterocycles. The molecule has 0 amide bonds. The van der Waals surface area contributed by atoms with Gasteiger partial charge < -0.3 is 20.3 Å². The molecule has 0 radical (unpaired) electrons. The fourth-order valence-electron chi connectivity index (χ4n) is 2.13. The second-order valence-corrected chi connectivity index (χ2v) is 5.48. The van der Waals surface area contributed by atoms with Gasteiger partial charge in [0.15, 0.2) is 0 Å². The number of hydrogen-bond acceptors (Lipinski definition) is 4. The first-order valence-electron chi connectivity index (χ1n) is 7.02. The Morgan fingerprint density at radius 1 is 1.30 bits per heavy atom. The van der Waals surface area contributed by atoms with Crippen molar-refractivity contribution < 1.29 is 19.4 Å². The standard InChI is InChI=1S/C17H18ClNO4/c1-22-16-6-5-11(8-15(19)17(20)21)7-12(16)10-23-14-4-2-3-13(18)9-14/h2-7,9,15H,8,10,19H2,1H3,(H,20,21). The van der Waals surface area contributed by atoms with Gasteiger partial charge in [0.2, 0.25) is 0 Å². The fourth-order valence-corrected chi connectivity index (χ4v) is 2.31. The molecule has 0 bridgehead atoms. The third kappa shape index (κ3) is 4.87. The fraction of sp³-hybridized carbons (Fsp3) is 0.235. The second kappa shape index (κ2) is 7.85. The molecule has 0 spiro atoms. The molecular weight excluding hydrogens is 318 g/mol. The van der Waals surface area contributed by atoms with Crippen molar-refractivity contribution in [2.24, 2.45) is 5.73 Å². The van der Waals surface area contributed by atoms with E-state index < -0.39 is 12.0 Å². The number of carboxylic acids is 1. The van der Waals surface area contributed by atoms with Gasteiger partial charge in [-0.15, -0.1) is 0 Å². The van der Waals surface area contributed by atoms with Crippen LogP contribution in [-0.2, 0) is 17.8 Å². The Hall–Kier alpha value is -2.24. The molecule has 1 atom stereocenters. The molecule has 5 nitrogen and oxygen atoms in total. The molecule has 23 heavy (non-hydrogen) atoms. The largest absolute Gasteiger partial charge is 0.496 e. The molecular formula is C17H18ClNO4. The van der Waals surface area contributed by atoms with Crippen LogP contribution in [0.1, 0.15) is 11.1 Å². The van der Waals surface area contributed by atoms with E-state index in [9.17, 15) is 4.79 Å². The molecule has 0 aliphatic carbocycles. The number of benzene rings is 2. The summed E-state index contributed by atoms with van der Waals surface area (Å²) in [4.78, 5) is 10.9. The van der Waals surface area contributed by atoms with Gasteiger partial charge in [-0.25, -0.2) is 0 Å². The normalized spacial score (nSPS) is 11.8. The number of ether oxygens (including phenoxy) is 2. The zero-order valence-electron chi connectivity index (χ0n) is 12.7. The van der Waals surface area contributed by atoms with Crippen LogP contribution in [-0.4, -0.2) is 24.2 Å². The number of halogens is 1. The molecule has 122 valence electrons. The van der Waals surface area contributed by atoms with Gasteiger partial charge in [-0.2, -0.15) is 0 Å². The Balaban J connectivity index is 2.13. The zero-order valence-corrected chi connectivity index (χ0v) is 13.4. The first kappa shape index (κ1) is 17.1. The summed E-state index contributed by atoms with van der Waals surface area (Å²) in [6, 6.07) is 11.6. The van der Waals surface area contributed by atoms with Gasteiger partial charge in [-0.1, -0.05) is 23.7 Å². The van der Waals surface area contributed by atoms with Gasteiger partial charge in [0.1, 0.15) is 24.1 Å². The van der Waals surface area contributed by atoms with Crippen molar-refractivity contribution in [3.05, 3.63) is 58.6 Å². The number of hydrogen-bond donors (Lipinski definition) is 2. The van der Waals surface area contributed by atoms with Gasteiger partial charge in [-0.05, 0) is 42.3 Å². The molecule has 0 aliphatic rings. The van der Waals surface area contributed by atoms with Crippen LogP contribution < -0.4 is 15.2 Å². The molecule has 1 unspecified atom stereocenters. The number of methoxy groups -OCH3 is 1. The van der Waals surface area contributed by atoms with Crippen LogP contribution in [0.4, 0.5) is 0 Å². The molecule has 0 saturated heterocycles. The first-order chi connectivity index (χ1) is 11.0. The van der Waals surface area contributed by atoms with Crippen molar-refractivity contribution in [2.75, 3.05) is 7.11 Å². The lowest BCUT2D eigenvalue weighted by atomic mass is 10.0. The highest BCUT2D eigenvalue weighted by Crippen LogP contribution is 2.24. The lowest BCUT2D eigenvalue weighted by molar-refractivity contribution is -0.138.